The van der Waals surface area contributed by atoms with E-state index in [-0.39, 0.29) is 0 Å². The third kappa shape index (κ3) is 3.23. The number of thioether (sulfide) groups is 2. The summed E-state index contributed by atoms with van der Waals surface area (Å²) in [6.45, 7) is 0. The fourth-order valence-corrected chi connectivity index (χ4v) is 7.32. The summed E-state index contributed by atoms with van der Waals surface area (Å²) >= 11 is 3.45. The summed E-state index contributed by atoms with van der Waals surface area (Å²) in [5, 5.41) is 0. The Morgan fingerprint density at radius 3 is 1.29 bits per heavy atom. The summed E-state index contributed by atoms with van der Waals surface area (Å²) in [6, 6.07) is 41.6. The predicted molar refractivity (Wildman–Crippen MR) is 141 cm³/mol. The molecule has 1 N–H and O–H groups in total. The van der Waals surface area contributed by atoms with E-state index in [1.807, 2.05) is 36.4 Å². The van der Waals surface area contributed by atoms with E-state index >= 15 is 0 Å². The highest BCUT2D eigenvalue weighted by Gasteiger charge is 2.49. The van der Waals surface area contributed by atoms with Crippen LogP contribution in [0.1, 0.15) is 22.5 Å². The molecule has 4 aromatic carbocycles. The van der Waals surface area contributed by atoms with Crippen LogP contribution in [0.2, 0.25) is 0 Å². The molecule has 0 amide bonds. The topological polar surface area (TPSA) is 34.2 Å². The summed E-state index contributed by atoms with van der Waals surface area (Å²) in [5.74, 6) is 1.79. The lowest BCUT2D eigenvalue weighted by molar-refractivity contribution is 0.204. The number of nitrogens with one attached hydrogen (secondary N) is 1. The van der Waals surface area contributed by atoms with E-state index < -0.39 is 9.87 Å². The first-order valence-electron chi connectivity index (χ1n) is 11.5. The highest BCUT2D eigenvalue weighted by Crippen LogP contribution is 2.58. The zero-order valence-electron chi connectivity index (χ0n) is 18.7. The maximum atomic E-state index is 6.73. The predicted octanol–water partition coefficient (Wildman–Crippen LogP) is 7.79. The molecule has 3 nitrogen and oxygen atoms in total. The number of benzene rings is 4. The van der Waals surface area contributed by atoms with Crippen LogP contribution in [0, 0.1) is 0 Å². The van der Waals surface area contributed by atoms with Gasteiger partial charge in [-0.05, 0) is 36.4 Å². The van der Waals surface area contributed by atoms with Gasteiger partial charge >= 0.3 is 0 Å². The van der Waals surface area contributed by atoms with Crippen molar-refractivity contribution in [2.75, 3.05) is 0 Å². The number of ether oxygens (including phenoxy) is 2. The van der Waals surface area contributed by atoms with Crippen molar-refractivity contribution >= 4 is 23.5 Å². The minimum Gasteiger partial charge on any atom is -0.465 e. The number of para-hydroxylation sites is 2. The van der Waals surface area contributed by atoms with Gasteiger partial charge in [0.2, 0.25) is 9.87 Å². The second-order valence-electron chi connectivity index (χ2n) is 8.55. The average molecular weight is 492 g/mol. The van der Waals surface area contributed by atoms with Crippen LogP contribution in [0.15, 0.2) is 131 Å². The number of aromatic nitrogens is 1. The van der Waals surface area contributed by atoms with Crippen LogP contribution in [-0.4, -0.2) is 4.98 Å². The Hall–Kier alpha value is -3.54. The van der Waals surface area contributed by atoms with Crippen LogP contribution in [0.3, 0.4) is 0 Å². The lowest BCUT2D eigenvalue weighted by Gasteiger charge is -2.29. The number of rotatable bonds is 4. The van der Waals surface area contributed by atoms with Gasteiger partial charge in [0.25, 0.3) is 0 Å². The molecule has 5 aromatic rings. The molecule has 0 aliphatic carbocycles. The highest BCUT2D eigenvalue weighted by molar-refractivity contribution is 8.01. The SMILES string of the molecule is c1ccc(C2(c3ccc(C4(c5ccccc5)Oc5ccccc5S4)[nH]3)Oc3ccccc3S2)cc1. The van der Waals surface area contributed by atoms with E-state index in [4.69, 9.17) is 9.47 Å². The van der Waals surface area contributed by atoms with Gasteiger partial charge in [-0.3, -0.25) is 0 Å². The third-order valence-corrected chi connectivity index (χ3v) is 9.18. The van der Waals surface area contributed by atoms with Gasteiger partial charge in [-0.2, -0.15) is 0 Å². The van der Waals surface area contributed by atoms with Gasteiger partial charge in [0.15, 0.2) is 0 Å². The molecule has 0 bridgehead atoms. The van der Waals surface area contributed by atoms with E-state index in [9.17, 15) is 0 Å². The summed E-state index contributed by atoms with van der Waals surface area (Å²) in [7, 11) is 0. The maximum Gasteiger partial charge on any atom is 0.225 e. The van der Waals surface area contributed by atoms with Crippen molar-refractivity contribution in [2.24, 2.45) is 0 Å². The van der Waals surface area contributed by atoms with Crippen molar-refractivity contribution < 1.29 is 9.47 Å². The highest BCUT2D eigenvalue weighted by atomic mass is 32.2. The molecule has 35 heavy (non-hydrogen) atoms. The van der Waals surface area contributed by atoms with Crippen molar-refractivity contribution in [1.82, 2.24) is 4.98 Å². The van der Waals surface area contributed by atoms with Gasteiger partial charge < -0.3 is 14.5 Å². The second-order valence-corrected chi connectivity index (χ2v) is 11.0. The Balaban J connectivity index is 1.38. The van der Waals surface area contributed by atoms with E-state index in [0.29, 0.717) is 0 Å². The van der Waals surface area contributed by atoms with E-state index in [1.165, 1.54) is 0 Å². The molecule has 0 spiro atoms. The lowest BCUT2D eigenvalue weighted by atomic mass is 10.1. The van der Waals surface area contributed by atoms with Crippen LogP contribution in [0.4, 0.5) is 0 Å². The molecule has 1 aromatic heterocycles. The molecular weight excluding hydrogens is 470 g/mol. The zero-order chi connectivity index (χ0) is 23.3. The normalized spacial score (nSPS) is 22.2. The number of hydrogen-bond acceptors (Lipinski definition) is 4. The molecule has 7 rings (SSSR count). The Kier molecular flexibility index (Phi) is 4.76. The molecule has 2 atom stereocenters. The maximum absolute atomic E-state index is 6.73. The Bertz CT molecular complexity index is 1350. The van der Waals surface area contributed by atoms with E-state index in [2.05, 4.69) is 89.9 Å². The molecule has 2 aliphatic rings. The van der Waals surface area contributed by atoms with Crippen molar-refractivity contribution in [3.05, 3.63) is 144 Å². The molecular formula is C30H21NO2S2. The van der Waals surface area contributed by atoms with E-state index in [0.717, 1.165) is 43.8 Å². The van der Waals surface area contributed by atoms with Crippen molar-refractivity contribution in [3.8, 4) is 11.5 Å². The molecule has 0 saturated carbocycles. The summed E-state index contributed by atoms with van der Waals surface area (Å²) < 4.78 is 13.5. The molecule has 2 unspecified atom stereocenters. The van der Waals surface area contributed by atoms with Crippen LogP contribution < -0.4 is 9.47 Å². The minimum atomic E-state index is -0.711. The average Bonchev–Trinajstić information content (AvgIpc) is 3.66. The van der Waals surface area contributed by atoms with Crippen LogP contribution in [0.25, 0.3) is 0 Å². The summed E-state index contributed by atoms with van der Waals surface area (Å²) in [6.07, 6.45) is 0. The minimum absolute atomic E-state index is 0.711. The smallest absolute Gasteiger partial charge is 0.225 e. The quantitative estimate of drug-likeness (QED) is 0.278. The third-order valence-electron chi connectivity index (χ3n) is 6.42. The van der Waals surface area contributed by atoms with Crippen LogP contribution in [-0.2, 0) is 9.87 Å². The van der Waals surface area contributed by atoms with E-state index in [1.54, 1.807) is 23.5 Å². The van der Waals surface area contributed by atoms with Crippen molar-refractivity contribution in [1.29, 1.82) is 0 Å². The fourth-order valence-electron chi connectivity index (χ4n) is 4.76. The largest absolute Gasteiger partial charge is 0.465 e. The summed E-state index contributed by atoms with van der Waals surface area (Å²) in [5.41, 5.74) is 4.14. The monoisotopic (exact) mass is 491 g/mol. The molecule has 5 heteroatoms. The molecule has 170 valence electrons. The number of hydrogen-bond donors (Lipinski definition) is 1. The zero-order valence-corrected chi connectivity index (χ0v) is 20.3. The molecule has 3 heterocycles. The first-order valence-corrected chi connectivity index (χ1v) is 13.2. The van der Waals surface area contributed by atoms with Gasteiger partial charge in [0, 0.05) is 11.1 Å². The van der Waals surface area contributed by atoms with Crippen molar-refractivity contribution in [2.45, 2.75) is 19.7 Å². The summed E-state index contributed by atoms with van der Waals surface area (Å²) in [4.78, 5) is 4.59. The Morgan fingerprint density at radius 2 is 0.857 bits per heavy atom. The molecule has 0 radical (unpaired) electrons. The van der Waals surface area contributed by atoms with Gasteiger partial charge in [-0.25, -0.2) is 0 Å². The Morgan fingerprint density at radius 1 is 0.457 bits per heavy atom. The first kappa shape index (κ1) is 20.8. The van der Waals surface area contributed by atoms with Crippen molar-refractivity contribution in [3.63, 3.8) is 0 Å². The molecule has 2 aliphatic heterocycles. The van der Waals surface area contributed by atoms with Gasteiger partial charge in [-0.1, -0.05) is 108 Å². The number of aromatic amines is 1. The second kappa shape index (κ2) is 8.01. The molecule has 0 saturated heterocycles. The van der Waals surface area contributed by atoms with Gasteiger partial charge in [-0.15, -0.1) is 0 Å². The standard InChI is InChI=1S/C30H21NO2S2/c1-3-11-21(12-4-1)29(32-23-15-7-9-17-25(23)34-29)27-19-20-28(31-27)30(22-13-5-2-6-14-22)33-24-16-8-10-18-26(24)35-30/h1-20,31H. The van der Waals surface area contributed by atoms with Crippen LogP contribution in [0.5, 0.6) is 11.5 Å². The van der Waals surface area contributed by atoms with Crippen LogP contribution >= 0.6 is 23.5 Å². The molecule has 0 fully saturated rings. The van der Waals surface area contributed by atoms with Gasteiger partial charge in [0.1, 0.15) is 11.5 Å². The number of H-pyrrole nitrogens is 1. The fraction of sp³-hybridized carbons (Fsp3) is 0.0667. The van der Waals surface area contributed by atoms with Gasteiger partial charge in [0.05, 0.1) is 21.2 Å². The Labute approximate surface area is 212 Å². The lowest BCUT2D eigenvalue weighted by Crippen LogP contribution is -2.30. The number of fused-ring (bicyclic) bond motifs is 2. The first-order chi connectivity index (χ1) is 17.3.